The lowest BCUT2D eigenvalue weighted by Gasteiger charge is -2.36. The highest BCUT2D eigenvalue weighted by Crippen LogP contribution is 2.55. The topological polar surface area (TPSA) is 71.1 Å². The Hall–Kier alpha value is -1.33. The third-order valence-corrected chi connectivity index (χ3v) is 4.61. The maximum absolute atomic E-state index is 13.6. The minimum Gasteiger partial charge on any atom is -0.369 e. The van der Waals surface area contributed by atoms with E-state index in [1.54, 1.807) is 0 Å². The van der Waals surface area contributed by atoms with Gasteiger partial charge in [-0.2, -0.15) is 74.3 Å². The molecule has 23 heteroatoms. The third-order valence-electron chi connectivity index (χ3n) is 4.02. The molecule has 0 fully saturated rings. The SMILES string of the molecule is CS(=O)(=O)OCCCCC[C@@H](F)COCC(F)(F)OC(F)(F)C(F)(F)OC(F)(F)C(F)(F)C(F)(F)C(F)(F)F. The van der Waals surface area contributed by atoms with Gasteiger partial charge in [0, 0.05) is 0 Å². The predicted molar refractivity (Wildman–Crippen MR) is 92.9 cm³/mol. The molecule has 0 aromatic carbocycles. The van der Waals surface area contributed by atoms with Crippen molar-refractivity contribution >= 4 is 10.1 Å². The second kappa shape index (κ2) is 12.7. The predicted octanol–water partition coefficient (Wildman–Crippen LogP) is 6.12. The van der Waals surface area contributed by atoms with Crippen LogP contribution in [0.4, 0.5) is 70.2 Å². The van der Waals surface area contributed by atoms with Gasteiger partial charge in [0.2, 0.25) is 0 Å². The van der Waals surface area contributed by atoms with Gasteiger partial charge in [-0.1, -0.05) is 12.8 Å². The summed E-state index contributed by atoms with van der Waals surface area (Å²) in [5, 5.41) is 0. The van der Waals surface area contributed by atoms with E-state index >= 15 is 0 Å². The molecule has 0 saturated carbocycles. The van der Waals surface area contributed by atoms with Crippen LogP contribution in [0.3, 0.4) is 0 Å². The molecule has 6 nitrogen and oxygen atoms in total. The molecule has 0 aliphatic heterocycles. The zero-order valence-corrected chi connectivity index (χ0v) is 19.7. The summed E-state index contributed by atoms with van der Waals surface area (Å²) in [6, 6.07) is 0. The van der Waals surface area contributed by atoms with Crippen molar-refractivity contribution in [3.8, 4) is 0 Å². The van der Waals surface area contributed by atoms with Crippen LogP contribution >= 0.6 is 0 Å². The Morgan fingerprint density at radius 3 is 1.62 bits per heavy atom. The van der Waals surface area contributed by atoms with Crippen molar-refractivity contribution < 1.29 is 97.1 Å². The molecule has 0 heterocycles. The molecule has 39 heavy (non-hydrogen) atoms. The molecule has 0 saturated heterocycles. The van der Waals surface area contributed by atoms with Gasteiger partial charge in [-0.05, 0) is 12.8 Å². The molecule has 0 aromatic rings. The number of halogens is 16. The van der Waals surface area contributed by atoms with Crippen molar-refractivity contribution in [3.05, 3.63) is 0 Å². The zero-order valence-electron chi connectivity index (χ0n) is 18.9. The van der Waals surface area contributed by atoms with Gasteiger partial charge in [0.15, 0.2) is 0 Å². The molecule has 0 aliphatic carbocycles. The Bertz CT molecular complexity index is 876. The Morgan fingerprint density at radius 1 is 0.667 bits per heavy atom. The first-order valence-corrected chi connectivity index (χ1v) is 11.6. The van der Waals surface area contributed by atoms with Gasteiger partial charge in [0.25, 0.3) is 10.1 Å². The van der Waals surface area contributed by atoms with E-state index in [1.807, 2.05) is 0 Å². The van der Waals surface area contributed by atoms with Gasteiger partial charge in [0.1, 0.15) is 12.8 Å². The monoisotopic (exact) mass is 642 g/mol. The molecule has 0 rings (SSSR count). The van der Waals surface area contributed by atoms with Crippen LogP contribution in [-0.4, -0.2) is 83.1 Å². The molecule has 1 atom stereocenters. The summed E-state index contributed by atoms with van der Waals surface area (Å²) in [6.45, 7) is -4.10. The van der Waals surface area contributed by atoms with Gasteiger partial charge < -0.3 is 4.74 Å². The van der Waals surface area contributed by atoms with Crippen molar-refractivity contribution in [2.24, 2.45) is 0 Å². The quantitative estimate of drug-likeness (QED) is 0.102. The van der Waals surface area contributed by atoms with Crippen LogP contribution in [0.15, 0.2) is 0 Å². The lowest BCUT2D eigenvalue weighted by Crippen LogP contribution is -2.64. The highest BCUT2D eigenvalue weighted by atomic mass is 32.2. The fourth-order valence-electron chi connectivity index (χ4n) is 2.17. The van der Waals surface area contributed by atoms with Gasteiger partial charge in [-0.3, -0.25) is 4.18 Å². The third kappa shape index (κ3) is 10.9. The number of ether oxygens (including phenoxy) is 3. The summed E-state index contributed by atoms with van der Waals surface area (Å²) in [7, 11) is -3.73. The lowest BCUT2D eigenvalue weighted by atomic mass is 10.1. The Labute approximate surface area is 208 Å². The van der Waals surface area contributed by atoms with E-state index in [9.17, 15) is 78.7 Å². The maximum Gasteiger partial charge on any atom is 0.460 e. The van der Waals surface area contributed by atoms with Crippen LogP contribution in [0, 0.1) is 0 Å². The Morgan fingerprint density at radius 2 is 1.15 bits per heavy atom. The average Bonchev–Trinajstić information content (AvgIpc) is 2.66. The van der Waals surface area contributed by atoms with Crippen molar-refractivity contribution in [2.45, 2.75) is 74.3 Å². The van der Waals surface area contributed by atoms with Crippen LogP contribution in [0.5, 0.6) is 0 Å². The van der Waals surface area contributed by atoms with Crippen LogP contribution in [0.1, 0.15) is 25.7 Å². The molecular formula is C16H18F16O6S. The van der Waals surface area contributed by atoms with E-state index in [4.69, 9.17) is 0 Å². The second-order valence-electron chi connectivity index (χ2n) is 7.53. The van der Waals surface area contributed by atoms with Crippen LogP contribution in [0.2, 0.25) is 0 Å². The summed E-state index contributed by atoms with van der Waals surface area (Å²) >= 11 is 0. The van der Waals surface area contributed by atoms with Crippen molar-refractivity contribution in [3.63, 3.8) is 0 Å². The number of alkyl halides is 16. The van der Waals surface area contributed by atoms with E-state index in [0.717, 1.165) is 6.26 Å². The molecule has 0 aromatic heterocycles. The molecule has 0 aliphatic rings. The summed E-state index contributed by atoms with van der Waals surface area (Å²) in [4.78, 5) is 0. The molecule has 0 unspecified atom stereocenters. The number of hydrogen-bond donors (Lipinski definition) is 0. The normalized spacial score (nSPS) is 16.0. The van der Waals surface area contributed by atoms with Crippen LogP contribution in [0.25, 0.3) is 0 Å². The van der Waals surface area contributed by atoms with Crippen LogP contribution in [-0.2, 0) is 28.5 Å². The summed E-state index contributed by atoms with van der Waals surface area (Å²) < 4.78 is 240. The minimum atomic E-state index is -7.96. The summed E-state index contributed by atoms with van der Waals surface area (Å²) in [5.41, 5.74) is 0. The largest absolute Gasteiger partial charge is 0.460 e. The maximum atomic E-state index is 13.6. The number of hydrogen-bond acceptors (Lipinski definition) is 6. The van der Waals surface area contributed by atoms with Gasteiger partial charge in [0.05, 0.1) is 19.5 Å². The zero-order chi connectivity index (χ0) is 31.4. The Kier molecular flexibility index (Phi) is 12.2. The molecule has 0 amide bonds. The summed E-state index contributed by atoms with van der Waals surface area (Å²) in [6.07, 6.45) is -37.0. The number of unbranched alkanes of at least 4 members (excludes halogenated alkanes) is 2. The first-order valence-electron chi connectivity index (χ1n) is 9.81. The first-order chi connectivity index (χ1) is 17.0. The highest BCUT2D eigenvalue weighted by Gasteiger charge is 2.85. The standard InChI is InChI=1S/C16H18F16O6S/c1-39(33,34)36-6-4-2-3-5-9(17)7-35-8-10(18,19)37-15(29,30)16(31,32)38-14(27,28)12(22,23)11(20,21)13(24,25)26/h9H,2-8H2,1H3/t9-/m1/s1. The van der Waals surface area contributed by atoms with E-state index in [2.05, 4.69) is 13.7 Å². The minimum absolute atomic E-state index is 0.0155. The van der Waals surface area contributed by atoms with E-state index < -0.39 is 78.4 Å². The summed E-state index contributed by atoms with van der Waals surface area (Å²) in [5.74, 6) is -15.8. The van der Waals surface area contributed by atoms with Crippen molar-refractivity contribution in [1.29, 1.82) is 0 Å². The second-order valence-corrected chi connectivity index (χ2v) is 9.17. The fraction of sp³-hybridized carbons (Fsp3) is 1.00. The molecular weight excluding hydrogens is 624 g/mol. The van der Waals surface area contributed by atoms with Crippen molar-refractivity contribution in [2.75, 3.05) is 26.1 Å². The number of rotatable bonds is 18. The molecule has 236 valence electrons. The molecule has 0 bridgehead atoms. The van der Waals surface area contributed by atoms with Gasteiger partial charge in [-0.15, -0.1) is 0 Å². The smallest absolute Gasteiger partial charge is 0.369 e. The van der Waals surface area contributed by atoms with Gasteiger partial charge >= 0.3 is 42.5 Å². The van der Waals surface area contributed by atoms with Crippen molar-refractivity contribution in [1.82, 2.24) is 0 Å². The van der Waals surface area contributed by atoms with Crippen LogP contribution < -0.4 is 0 Å². The lowest BCUT2D eigenvalue weighted by molar-refractivity contribution is -0.543. The Balaban J connectivity index is 5.03. The fourth-order valence-corrected chi connectivity index (χ4v) is 2.59. The van der Waals surface area contributed by atoms with E-state index in [1.165, 1.54) is 4.74 Å². The first kappa shape index (κ1) is 37.7. The van der Waals surface area contributed by atoms with Gasteiger partial charge in [-0.25, -0.2) is 13.9 Å². The van der Waals surface area contributed by atoms with E-state index in [-0.39, 0.29) is 25.9 Å². The van der Waals surface area contributed by atoms with E-state index in [0.29, 0.717) is 0 Å². The average molecular weight is 642 g/mol. The molecule has 0 N–H and O–H groups in total. The molecule has 0 radical (unpaired) electrons. The highest BCUT2D eigenvalue weighted by molar-refractivity contribution is 7.85. The molecule has 0 spiro atoms.